The lowest BCUT2D eigenvalue weighted by Gasteiger charge is -2.53. The van der Waals surface area contributed by atoms with E-state index in [0.717, 1.165) is 114 Å². The van der Waals surface area contributed by atoms with E-state index in [1.807, 2.05) is 37.3 Å². The molecule has 5 aliphatic rings. The normalized spacial score (nSPS) is 31.7. The van der Waals surface area contributed by atoms with Crippen LogP contribution in [0.1, 0.15) is 80.8 Å². The van der Waals surface area contributed by atoms with Gasteiger partial charge in [0.15, 0.2) is 0 Å². The Kier molecular flexibility index (Phi) is 12.6. The van der Waals surface area contributed by atoms with Gasteiger partial charge in [-0.05, 0) is 111 Å². The van der Waals surface area contributed by atoms with Gasteiger partial charge < -0.3 is 19.1 Å². The first-order valence-electron chi connectivity index (χ1n) is 20.3. The highest BCUT2D eigenvalue weighted by molar-refractivity contribution is 7.90. The number of anilines is 1. The first kappa shape index (κ1) is 39.6. The van der Waals surface area contributed by atoms with Gasteiger partial charge in [0.1, 0.15) is 18.0 Å². The Labute approximate surface area is 327 Å². The van der Waals surface area contributed by atoms with Crippen molar-refractivity contribution < 1.29 is 27.4 Å². The number of ether oxygens (including phenoxy) is 3. The summed E-state index contributed by atoms with van der Waals surface area (Å²) in [5.74, 6) is 0.452. The van der Waals surface area contributed by atoms with Gasteiger partial charge in [-0.1, -0.05) is 43.7 Å². The molecule has 296 valence electrons. The van der Waals surface area contributed by atoms with Crippen LogP contribution in [0.2, 0.25) is 5.02 Å². The molecule has 12 heteroatoms. The number of hydrogen-bond donors (Lipinski definition) is 1. The number of benzene rings is 2. The number of amides is 1. The molecule has 2 bridgehead atoms. The lowest BCUT2D eigenvalue weighted by molar-refractivity contribution is -0.124. The molecule has 0 radical (unpaired) electrons. The molecule has 0 aromatic heterocycles. The zero-order valence-electron chi connectivity index (χ0n) is 32.3. The summed E-state index contributed by atoms with van der Waals surface area (Å²) < 4.78 is 49.4. The van der Waals surface area contributed by atoms with E-state index in [-0.39, 0.29) is 11.8 Å². The molecule has 4 heterocycles. The third-order valence-corrected chi connectivity index (χ3v) is 14.9. The molecule has 4 aliphatic heterocycles. The van der Waals surface area contributed by atoms with Gasteiger partial charge in [-0.15, -0.1) is 0 Å². The van der Waals surface area contributed by atoms with Crippen LogP contribution >= 0.6 is 11.6 Å². The van der Waals surface area contributed by atoms with E-state index in [4.69, 9.17) is 25.8 Å². The average molecular weight is 783 g/mol. The number of piperazine rings is 1. The minimum absolute atomic E-state index is 0.225. The Morgan fingerprint density at radius 1 is 1.02 bits per heavy atom. The van der Waals surface area contributed by atoms with Crippen molar-refractivity contribution in [2.45, 2.75) is 89.2 Å². The van der Waals surface area contributed by atoms with Crippen molar-refractivity contribution in [3.05, 3.63) is 70.3 Å². The number of morpholine rings is 1. The number of hydrogen-bond acceptors (Lipinski definition) is 9. The van der Waals surface area contributed by atoms with E-state index in [0.29, 0.717) is 42.9 Å². The van der Waals surface area contributed by atoms with Gasteiger partial charge in [0, 0.05) is 69.0 Å². The van der Waals surface area contributed by atoms with Crippen LogP contribution in [-0.4, -0.2) is 107 Å². The number of carbonyl (C=O) groups excluding carboxylic acids is 1. The molecule has 0 spiro atoms. The monoisotopic (exact) mass is 782 g/mol. The summed E-state index contributed by atoms with van der Waals surface area (Å²) in [5.41, 5.74) is 2.88. The highest BCUT2D eigenvalue weighted by Gasteiger charge is 2.49. The highest BCUT2D eigenvalue weighted by atomic mass is 35.5. The van der Waals surface area contributed by atoms with Crippen LogP contribution in [0.4, 0.5) is 5.69 Å². The molecule has 10 nitrogen and oxygen atoms in total. The molecule has 3 fully saturated rings. The van der Waals surface area contributed by atoms with Gasteiger partial charge >= 0.3 is 0 Å². The molecule has 7 rings (SSSR count). The first-order valence-corrected chi connectivity index (χ1v) is 22.2. The second-order valence-electron chi connectivity index (χ2n) is 16.3. The van der Waals surface area contributed by atoms with Gasteiger partial charge in [0.05, 0.1) is 24.2 Å². The second kappa shape index (κ2) is 17.2. The SMILES string of the molecule is CCCO[C@@]1(CN2CCN3CCOC[C@@H]3C2)/C=C/C[C@H](C)[C@@H](C)S(=O)(=O)NC(=O)c2ccc3c(c2)N(CCCCc2cc(Cl)ccc2CO3)C[C@@H]2CC[C@H]21. The Morgan fingerprint density at radius 3 is 2.70 bits per heavy atom. The summed E-state index contributed by atoms with van der Waals surface area (Å²) in [5, 5.41) is -0.0636. The van der Waals surface area contributed by atoms with E-state index in [9.17, 15) is 13.2 Å². The van der Waals surface area contributed by atoms with Gasteiger partial charge in [-0.3, -0.25) is 14.6 Å². The molecule has 2 aromatic rings. The molecule has 1 saturated carbocycles. The Morgan fingerprint density at radius 2 is 1.89 bits per heavy atom. The Hall–Kier alpha value is -2.67. The van der Waals surface area contributed by atoms with Crippen LogP contribution in [0.15, 0.2) is 48.6 Å². The highest BCUT2D eigenvalue weighted by Crippen LogP contribution is 2.47. The maximum atomic E-state index is 13.7. The molecular weight excluding hydrogens is 724 g/mol. The second-order valence-corrected chi connectivity index (χ2v) is 18.8. The lowest BCUT2D eigenvalue weighted by Crippen LogP contribution is -2.62. The van der Waals surface area contributed by atoms with Crippen LogP contribution < -0.4 is 14.4 Å². The quantitative estimate of drug-likeness (QED) is 0.350. The molecule has 1 amide bonds. The largest absolute Gasteiger partial charge is 0.487 e. The molecule has 0 unspecified atom stereocenters. The molecular formula is C42H59ClN4O6S. The fourth-order valence-electron chi connectivity index (χ4n) is 9.14. The summed E-state index contributed by atoms with van der Waals surface area (Å²) in [7, 11) is -3.97. The number of rotatable bonds is 5. The van der Waals surface area contributed by atoms with Gasteiger partial charge in [-0.25, -0.2) is 13.1 Å². The van der Waals surface area contributed by atoms with Crippen molar-refractivity contribution in [1.82, 2.24) is 14.5 Å². The van der Waals surface area contributed by atoms with Crippen molar-refractivity contribution in [3.8, 4) is 5.75 Å². The van der Waals surface area contributed by atoms with Crippen LogP contribution in [0.5, 0.6) is 5.75 Å². The number of sulfonamides is 1. The first-order chi connectivity index (χ1) is 26.0. The third kappa shape index (κ3) is 8.82. The van der Waals surface area contributed by atoms with Gasteiger partial charge in [0.25, 0.3) is 5.91 Å². The number of aryl methyl sites for hydroxylation is 1. The molecule has 2 saturated heterocycles. The predicted octanol–water partition coefficient (Wildman–Crippen LogP) is 6.31. The van der Waals surface area contributed by atoms with Gasteiger partial charge in [-0.2, -0.15) is 0 Å². The fourth-order valence-corrected chi connectivity index (χ4v) is 10.6. The summed E-state index contributed by atoms with van der Waals surface area (Å²) in [4.78, 5) is 21.2. The van der Waals surface area contributed by atoms with Crippen molar-refractivity contribution >= 4 is 33.2 Å². The summed E-state index contributed by atoms with van der Waals surface area (Å²) in [6.07, 6.45) is 10.9. The van der Waals surface area contributed by atoms with Gasteiger partial charge in [0.2, 0.25) is 10.0 Å². The number of allylic oxidation sites excluding steroid dienone is 1. The van der Waals surface area contributed by atoms with Crippen molar-refractivity contribution in [1.29, 1.82) is 0 Å². The lowest BCUT2D eigenvalue weighted by atomic mass is 9.63. The van der Waals surface area contributed by atoms with Crippen molar-refractivity contribution in [2.24, 2.45) is 17.8 Å². The van der Waals surface area contributed by atoms with E-state index >= 15 is 0 Å². The van der Waals surface area contributed by atoms with E-state index in [1.165, 1.54) is 5.56 Å². The zero-order valence-corrected chi connectivity index (χ0v) is 33.9. The van der Waals surface area contributed by atoms with Crippen molar-refractivity contribution in [2.75, 3.05) is 70.5 Å². The molecule has 1 N–H and O–H groups in total. The summed E-state index contributed by atoms with van der Waals surface area (Å²) in [6, 6.07) is 11.7. The average Bonchev–Trinajstić information content (AvgIpc) is 3.17. The number of nitrogens with zero attached hydrogens (tertiary/aromatic N) is 3. The fraction of sp³-hybridized carbons (Fsp3) is 0.643. The third-order valence-electron chi connectivity index (χ3n) is 12.7. The van der Waals surface area contributed by atoms with Crippen molar-refractivity contribution in [3.63, 3.8) is 0 Å². The Balaban J connectivity index is 1.27. The minimum Gasteiger partial charge on any atom is -0.487 e. The molecule has 54 heavy (non-hydrogen) atoms. The molecule has 1 aliphatic carbocycles. The van der Waals surface area contributed by atoms with E-state index in [1.54, 1.807) is 13.0 Å². The zero-order chi connectivity index (χ0) is 37.9. The maximum absolute atomic E-state index is 13.7. The van der Waals surface area contributed by atoms with E-state index in [2.05, 4.69) is 38.5 Å². The number of carbonyl (C=O) groups is 1. The smallest absolute Gasteiger partial charge is 0.264 e. The number of halogens is 1. The van der Waals surface area contributed by atoms with E-state index < -0.39 is 26.8 Å². The standard InChI is InChI=1S/C42H59ClN4O6S/c1-4-21-53-42(29-45-18-19-46-20-22-51-28-37(46)26-45)16-7-8-30(2)31(3)54(49,50)44-41(48)33-12-15-40-39(24-33)47(25-34-11-14-38(34)42)17-6-5-9-32-23-36(43)13-10-35(32)27-52-40/h7,10,12-13,15-16,23-24,30-31,34,37-38H,4-6,8-9,11,14,17-22,25-29H2,1-3H3,(H,44,48)/b16-7+/t30-,31+,34-,37-,38+,42+/m0/s1. The number of nitrogens with one attached hydrogen (secondary N) is 1. The topological polar surface area (TPSA) is 101 Å². The maximum Gasteiger partial charge on any atom is 0.264 e. The molecule has 6 atom stereocenters. The summed E-state index contributed by atoms with van der Waals surface area (Å²) in [6.45, 7) is 14.7. The van der Waals surface area contributed by atoms with Crippen LogP contribution in [0.25, 0.3) is 0 Å². The predicted molar refractivity (Wildman–Crippen MR) is 214 cm³/mol. The Bertz CT molecular complexity index is 1770. The number of fused-ring (bicyclic) bond motifs is 4. The van der Waals surface area contributed by atoms with Crippen LogP contribution in [-0.2, 0) is 32.5 Å². The van der Waals surface area contributed by atoms with Crippen LogP contribution in [0, 0.1) is 17.8 Å². The minimum atomic E-state index is -3.97. The summed E-state index contributed by atoms with van der Waals surface area (Å²) >= 11 is 6.42. The molecule has 2 aromatic carbocycles. The van der Waals surface area contributed by atoms with Crippen LogP contribution in [0.3, 0.4) is 0 Å².